The summed E-state index contributed by atoms with van der Waals surface area (Å²) in [5.41, 5.74) is 0. The molecule has 11 heavy (non-hydrogen) atoms. The Morgan fingerprint density at radius 2 is 1.64 bits per heavy atom. The third kappa shape index (κ3) is 17.6. The molecule has 0 aromatic heterocycles. The molecule has 0 aliphatic heterocycles. The second kappa shape index (κ2) is 9.35. The van der Waals surface area contributed by atoms with Gasteiger partial charge in [-0.05, 0) is 0 Å². The number of hydrogen-bond acceptors (Lipinski definition) is 1. The maximum Gasteiger partial charge on any atom is 0.300 e. The van der Waals surface area contributed by atoms with E-state index in [0.717, 1.165) is 6.92 Å². The Morgan fingerprint density at radius 3 is 1.73 bits per heavy atom. The second-order valence-electron chi connectivity index (χ2n) is 1.60. The number of carbonyl (C=O) groups is 1. The number of carboxylic acid groups (broad SMARTS) is 1. The van der Waals surface area contributed by atoms with Gasteiger partial charge in [-0.15, -0.1) is 0 Å². The van der Waals surface area contributed by atoms with Gasteiger partial charge in [0.25, 0.3) is 5.97 Å². The van der Waals surface area contributed by atoms with Crippen molar-refractivity contribution in [3.63, 3.8) is 0 Å². The summed E-state index contributed by atoms with van der Waals surface area (Å²) in [5.74, 6) is -0.833. The quantitative estimate of drug-likeness (QED) is 0.555. The predicted octanol–water partition coefficient (Wildman–Crippen LogP) is 1.58. The first-order valence-electron chi connectivity index (χ1n) is 2.84. The molecule has 64 valence electrons. The van der Waals surface area contributed by atoms with Crippen LogP contribution >= 0.6 is 0 Å². The van der Waals surface area contributed by atoms with E-state index in [9.17, 15) is 0 Å². The number of benzene rings is 1. The van der Waals surface area contributed by atoms with E-state index in [1.807, 2.05) is 30.3 Å². The van der Waals surface area contributed by atoms with E-state index in [0.29, 0.717) is 0 Å². The summed E-state index contributed by atoms with van der Waals surface area (Å²) in [5, 5.41) is 7.42. The van der Waals surface area contributed by atoms with Gasteiger partial charge >= 0.3 is 0 Å². The van der Waals surface area contributed by atoms with E-state index in [1.165, 1.54) is 0 Å². The van der Waals surface area contributed by atoms with Crippen molar-refractivity contribution in [3.05, 3.63) is 36.4 Å². The van der Waals surface area contributed by atoms with Crippen LogP contribution in [0, 0.1) is 6.07 Å². The molecule has 2 nitrogen and oxygen atoms in total. The Morgan fingerprint density at radius 1 is 1.27 bits per heavy atom. The fourth-order valence-electron chi connectivity index (χ4n) is 0.342. The zero-order valence-electron chi connectivity index (χ0n) is 6.06. The molecule has 0 radical (unpaired) electrons. The number of aliphatic carboxylic acids is 1. The van der Waals surface area contributed by atoms with Gasteiger partial charge in [0, 0.05) is 27.3 Å². The molecule has 0 amide bonds. The van der Waals surface area contributed by atoms with Gasteiger partial charge in [-0.1, -0.05) is 0 Å². The van der Waals surface area contributed by atoms with Crippen LogP contribution in [0.1, 0.15) is 6.92 Å². The molecular weight excluding hydrogens is 235 g/mol. The number of carboxylic acids is 1. The van der Waals surface area contributed by atoms with Crippen LogP contribution in [0.2, 0.25) is 0 Å². The molecule has 0 heterocycles. The summed E-state index contributed by atoms with van der Waals surface area (Å²) in [7, 11) is 0. The zero-order valence-corrected chi connectivity index (χ0v) is 7.61. The second-order valence-corrected chi connectivity index (χ2v) is 1.60. The fourth-order valence-corrected chi connectivity index (χ4v) is 0.342. The van der Waals surface area contributed by atoms with Crippen LogP contribution in [0.15, 0.2) is 30.3 Å². The number of rotatable bonds is 0. The maximum atomic E-state index is 9.00. The van der Waals surface area contributed by atoms with Crippen LogP contribution in [0.4, 0.5) is 0 Å². The van der Waals surface area contributed by atoms with Crippen molar-refractivity contribution in [1.82, 2.24) is 0 Å². The van der Waals surface area contributed by atoms with Gasteiger partial charge in [0.15, 0.2) is 0 Å². The van der Waals surface area contributed by atoms with Crippen LogP contribution in [-0.2, 0) is 25.2 Å². The molecular formula is C8H9O2Pd-. The summed E-state index contributed by atoms with van der Waals surface area (Å²) < 4.78 is 0. The molecule has 0 saturated heterocycles. The third-order valence-electron chi connectivity index (χ3n) is 0.607. The molecule has 0 aliphatic rings. The van der Waals surface area contributed by atoms with E-state index in [4.69, 9.17) is 9.90 Å². The Kier molecular flexibility index (Phi) is 11.0. The molecule has 0 spiro atoms. The van der Waals surface area contributed by atoms with Crippen molar-refractivity contribution >= 4 is 5.97 Å². The summed E-state index contributed by atoms with van der Waals surface area (Å²) in [4.78, 5) is 9.00. The minimum absolute atomic E-state index is 0. The molecule has 0 bridgehead atoms. The van der Waals surface area contributed by atoms with Gasteiger partial charge in [0.2, 0.25) is 0 Å². The normalized spacial score (nSPS) is 6.64. The van der Waals surface area contributed by atoms with Crippen LogP contribution < -0.4 is 0 Å². The summed E-state index contributed by atoms with van der Waals surface area (Å²) in [6, 6.07) is 12.5. The molecule has 1 N–H and O–H groups in total. The molecule has 0 saturated carbocycles. The van der Waals surface area contributed by atoms with Crippen LogP contribution in [0.3, 0.4) is 0 Å². The van der Waals surface area contributed by atoms with Crippen molar-refractivity contribution in [2.24, 2.45) is 0 Å². The summed E-state index contributed by atoms with van der Waals surface area (Å²) in [6.45, 7) is 1.08. The van der Waals surface area contributed by atoms with Crippen molar-refractivity contribution in [1.29, 1.82) is 0 Å². The molecule has 1 rings (SSSR count). The minimum Gasteiger partial charge on any atom is -0.481 e. The minimum atomic E-state index is -0.833. The fraction of sp³-hybridized carbons (Fsp3) is 0.125. The molecule has 1 aromatic carbocycles. The standard InChI is InChI=1S/C6H5.C2H4O2.Pd/c1-2-4-6-5-3-1;1-2(3)4;/h1-5H;1H3,(H,3,4);/q-1;;. The third-order valence-corrected chi connectivity index (χ3v) is 0.607. The summed E-state index contributed by atoms with van der Waals surface area (Å²) in [6.07, 6.45) is 0. The first-order valence-corrected chi connectivity index (χ1v) is 2.84. The topological polar surface area (TPSA) is 37.3 Å². The number of hydrogen-bond donors (Lipinski definition) is 1. The van der Waals surface area contributed by atoms with Crippen molar-refractivity contribution in [2.45, 2.75) is 6.92 Å². The van der Waals surface area contributed by atoms with Gasteiger partial charge in [-0.3, -0.25) is 4.79 Å². The first kappa shape index (κ1) is 13.0. The van der Waals surface area contributed by atoms with Gasteiger partial charge in [-0.25, -0.2) is 0 Å². The molecule has 0 aliphatic carbocycles. The smallest absolute Gasteiger partial charge is 0.300 e. The molecule has 1 aromatic rings. The summed E-state index contributed by atoms with van der Waals surface area (Å²) >= 11 is 0. The molecule has 3 heteroatoms. The van der Waals surface area contributed by atoms with E-state index in [-0.39, 0.29) is 20.4 Å². The van der Waals surface area contributed by atoms with Gasteiger partial charge in [0.1, 0.15) is 0 Å². The molecule has 0 atom stereocenters. The van der Waals surface area contributed by atoms with Crippen LogP contribution in [0.5, 0.6) is 0 Å². The average molecular weight is 244 g/mol. The van der Waals surface area contributed by atoms with Crippen LogP contribution in [0.25, 0.3) is 0 Å². The predicted molar refractivity (Wildman–Crippen MR) is 38.6 cm³/mol. The molecule has 0 unspecified atom stereocenters. The van der Waals surface area contributed by atoms with E-state index in [2.05, 4.69) is 6.07 Å². The first-order chi connectivity index (χ1) is 4.73. The van der Waals surface area contributed by atoms with Crippen molar-refractivity contribution < 1.29 is 30.3 Å². The van der Waals surface area contributed by atoms with E-state index < -0.39 is 5.97 Å². The molecule has 0 fully saturated rings. The van der Waals surface area contributed by atoms with Crippen molar-refractivity contribution in [3.8, 4) is 0 Å². The van der Waals surface area contributed by atoms with Gasteiger partial charge in [0.05, 0.1) is 0 Å². The Hall–Kier alpha value is -0.648. The Bertz CT molecular complexity index is 144. The Labute approximate surface area is 79.9 Å². The Balaban J connectivity index is 0. The largest absolute Gasteiger partial charge is 0.481 e. The maximum absolute atomic E-state index is 9.00. The monoisotopic (exact) mass is 243 g/mol. The van der Waals surface area contributed by atoms with Gasteiger partial charge < -0.3 is 5.11 Å². The average Bonchev–Trinajstić information content (AvgIpc) is 1.90. The van der Waals surface area contributed by atoms with Gasteiger partial charge in [-0.2, -0.15) is 36.4 Å². The SMILES string of the molecule is CC(=O)O.[Pd].[c-]1ccccc1. The van der Waals surface area contributed by atoms with Crippen LogP contribution in [-0.4, -0.2) is 11.1 Å². The van der Waals surface area contributed by atoms with E-state index in [1.54, 1.807) is 0 Å². The van der Waals surface area contributed by atoms with E-state index >= 15 is 0 Å². The van der Waals surface area contributed by atoms with Crippen molar-refractivity contribution in [2.75, 3.05) is 0 Å². The zero-order chi connectivity index (χ0) is 7.82.